The Balaban J connectivity index is 1.90. The number of rotatable bonds is 14. The fraction of sp³-hybridized carbons (Fsp3) is 0.469. The van der Waals surface area contributed by atoms with Gasteiger partial charge in [0.2, 0.25) is 17.6 Å². The van der Waals surface area contributed by atoms with E-state index in [1.165, 1.54) is 76.4 Å². The Morgan fingerprint density at radius 2 is 1.61 bits per heavy atom. The predicted octanol–water partition coefficient (Wildman–Crippen LogP) is 3.08. The Hall–Kier alpha value is -4.32. The van der Waals surface area contributed by atoms with Gasteiger partial charge >= 0.3 is 12.1 Å². The van der Waals surface area contributed by atoms with Gasteiger partial charge in [-0.3, -0.25) is 24.0 Å². The maximum atomic E-state index is 14.8. The monoisotopic (exact) mass is 766 g/mol. The van der Waals surface area contributed by atoms with E-state index in [0.29, 0.717) is 11.3 Å². The summed E-state index contributed by atoms with van der Waals surface area (Å²) in [5, 5.41) is 4.27. The van der Waals surface area contributed by atoms with Crippen LogP contribution in [-0.2, 0) is 34.8 Å². The largest absolute Gasteiger partial charge is 0.497 e. The highest BCUT2D eigenvalue weighted by atomic mass is 35.5. The van der Waals surface area contributed by atoms with E-state index in [1.54, 1.807) is 0 Å². The minimum Gasteiger partial charge on any atom is -0.497 e. The van der Waals surface area contributed by atoms with E-state index in [0.717, 1.165) is 10.2 Å². The molecule has 3 rings (SSSR count). The van der Waals surface area contributed by atoms with E-state index in [-0.39, 0.29) is 10.6 Å². The first-order valence-corrected chi connectivity index (χ1v) is 17.5. The van der Waals surface area contributed by atoms with Gasteiger partial charge in [-0.25, -0.2) is 8.42 Å². The third-order valence-corrected chi connectivity index (χ3v) is 10.3. The molecule has 1 saturated heterocycles. The molecule has 2 unspecified atom stereocenters. The normalized spacial score (nSPS) is 17.7. The van der Waals surface area contributed by atoms with Crippen LogP contribution in [0, 0.1) is 5.92 Å². The van der Waals surface area contributed by atoms with Crippen molar-refractivity contribution in [3.05, 3.63) is 64.7 Å². The standard InChI is InChI=1S/C32H36ClF5N4O8S/c1-17(2)25(26(43)32(37,38)30(47)39-16-31(34,35)36)41-28(45)24-13-23(51(48,49)15-19-8-10-22(50-4)11-9-19)14-42(24)29(46)18(3)40-27(44)20-6-5-7-21(33)12-20/h5-12,17-18,23-25H,13-16H2,1-4H3,(H,39,47)(H,40,44)(H,41,45)/t18?,23-,24+,25?/m1/s1. The number of carbonyl (C=O) groups is 5. The third-order valence-electron chi connectivity index (χ3n) is 7.98. The highest BCUT2D eigenvalue weighted by Crippen LogP contribution is 2.29. The number of Topliss-reactive ketones (excluding diaryl/α,β-unsaturated/α-hetero) is 1. The number of sulfone groups is 1. The summed E-state index contributed by atoms with van der Waals surface area (Å²) in [5.41, 5.74) is 0.427. The molecule has 1 heterocycles. The summed E-state index contributed by atoms with van der Waals surface area (Å²) < 4.78 is 99.4. The molecule has 1 aliphatic heterocycles. The highest BCUT2D eigenvalue weighted by molar-refractivity contribution is 7.91. The van der Waals surface area contributed by atoms with Gasteiger partial charge in [-0.2, -0.15) is 22.0 Å². The molecule has 51 heavy (non-hydrogen) atoms. The second-order valence-corrected chi connectivity index (χ2v) is 14.9. The van der Waals surface area contributed by atoms with Crippen molar-refractivity contribution in [3.8, 4) is 5.75 Å². The zero-order valence-corrected chi connectivity index (χ0v) is 29.3. The average molecular weight is 767 g/mol. The lowest BCUT2D eigenvalue weighted by atomic mass is 9.94. The topological polar surface area (TPSA) is 168 Å². The van der Waals surface area contributed by atoms with Gasteiger partial charge in [0.05, 0.1) is 24.2 Å². The number of nitrogens with one attached hydrogen (secondary N) is 3. The molecule has 2 aromatic rings. The van der Waals surface area contributed by atoms with Crippen molar-refractivity contribution >= 4 is 50.9 Å². The van der Waals surface area contributed by atoms with Gasteiger partial charge in [0.15, 0.2) is 9.84 Å². The highest BCUT2D eigenvalue weighted by Gasteiger charge is 2.53. The molecule has 0 bridgehead atoms. The van der Waals surface area contributed by atoms with Crippen molar-refractivity contribution in [2.24, 2.45) is 5.92 Å². The number of halogens is 6. The lowest BCUT2D eigenvalue weighted by molar-refractivity contribution is -0.165. The number of ether oxygens (including phenoxy) is 1. The van der Waals surface area contributed by atoms with E-state index in [4.69, 9.17) is 16.3 Å². The number of carbonyl (C=O) groups excluding carboxylic acids is 5. The summed E-state index contributed by atoms with van der Waals surface area (Å²) in [5.74, 6) is -13.9. The van der Waals surface area contributed by atoms with E-state index >= 15 is 0 Å². The zero-order chi connectivity index (χ0) is 38.5. The van der Waals surface area contributed by atoms with Crippen LogP contribution in [0.25, 0.3) is 0 Å². The van der Waals surface area contributed by atoms with Crippen molar-refractivity contribution in [2.75, 3.05) is 20.2 Å². The molecule has 3 N–H and O–H groups in total. The fourth-order valence-corrected chi connectivity index (χ4v) is 7.17. The van der Waals surface area contributed by atoms with E-state index in [2.05, 4.69) is 5.32 Å². The molecule has 0 radical (unpaired) electrons. The van der Waals surface area contributed by atoms with E-state index < -0.39 is 106 Å². The van der Waals surface area contributed by atoms with Crippen molar-refractivity contribution in [2.45, 2.75) is 68.4 Å². The number of benzene rings is 2. The first-order chi connectivity index (χ1) is 23.6. The first kappa shape index (κ1) is 41.1. The predicted molar refractivity (Wildman–Crippen MR) is 174 cm³/mol. The summed E-state index contributed by atoms with van der Waals surface area (Å²) in [6, 6.07) is 6.57. The minimum atomic E-state index is -5.06. The number of alkyl halides is 5. The van der Waals surface area contributed by atoms with Crippen LogP contribution in [0.15, 0.2) is 48.5 Å². The van der Waals surface area contributed by atoms with Gasteiger partial charge in [0, 0.05) is 17.1 Å². The Morgan fingerprint density at radius 3 is 2.16 bits per heavy atom. The molecule has 4 amide bonds. The van der Waals surface area contributed by atoms with Crippen molar-refractivity contribution in [1.82, 2.24) is 20.9 Å². The summed E-state index contributed by atoms with van der Waals surface area (Å²) in [6.07, 6.45) is -5.61. The average Bonchev–Trinajstić information content (AvgIpc) is 3.52. The number of hydrogen-bond acceptors (Lipinski definition) is 8. The second-order valence-electron chi connectivity index (χ2n) is 12.2. The fourth-order valence-electron chi connectivity index (χ4n) is 5.22. The van der Waals surface area contributed by atoms with Crippen LogP contribution in [-0.4, -0.2) is 98.4 Å². The van der Waals surface area contributed by atoms with Crippen molar-refractivity contribution < 1.29 is 59.1 Å². The van der Waals surface area contributed by atoms with Crippen LogP contribution in [0.4, 0.5) is 22.0 Å². The van der Waals surface area contributed by atoms with Crippen molar-refractivity contribution in [3.63, 3.8) is 0 Å². The maximum absolute atomic E-state index is 14.8. The number of methoxy groups -OCH3 is 1. The van der Waals surface area contributed by atoms with Crippen LogP contribution in [0.3, 0.4) is 0 Å². The number of likely N-dealkylation sites (tertiary alicyclic amines) is 1. The first-order valence-electron chi connectivity index (χ1n) is 15.4. The third kappa shape index (κ3) is 10.6. The van der Waals surface area contributed by atoms with Crippen LogP contribution in [0.1, 0.15) is 43.1 Å². The molecule has 0 aliphatic carbocycles. The molecular formula is C32H36ClF5N4O8S. The minimum absolute atomic E-state index is 0.0799. The Kier molecular flexibility index (Phi) is 13.2. The summed E-state index contributed by atoms with van der Waals surface area (Å²) >= 11 is 5.94. The lowest BCUT2D eigenvalue weighted by Crippen LogP contribution is -2.59. The number of ketones is 1. The van der Waals surface area contributed by atoms with Gasteiger partial charge in [0.25, 0.3) is 11.8 Å². The van der Waals surface area contributed by atoms with Gasteiger partial charge in [0.1, 0.15) is 24.4 Å². The van der Waals surface area contributed by atoms with Gasteiger partial charge < -0.3 is 25.6 Å². The smallest absolute Gasteiger partial charge is 0.405 e. The zero-order valence-electron chi connectivity index (χ0n) is 27.7. The molecular weight excluding hydrogens is 731 g/mol. The van der Waals surface area contributed by atoms with E-state index in [9.17, 15) is 54.3 Å². The molecule has 0 spiro atoms. The second kappa shape index (κ2) is 16.4. The molecule has 0 aromatic heterocycles. The molecule has 1 aliphatic rings. The van der Waals surface area contributed by atoms with Gasteiger partial charge in [-0.05, 0) is 55.2 Å². The number of hydrogen-bond donors (Lipinski definition) is 3. The molecule has 4 atom stereocenters. The van der Waals surface area contributed by atoms with E-state index in [1.807, 2.05) is 5.32 Å². The van der Waals surface area contributed by atoms with Gasteiger partial charge in [-0.1, -0.05) is 43.6 Å². The van der Waals surface area contributed by atoms with Crippen LogP contribution in [0.2, 0.25) is 5.02 Å². The molecule has 12 nitrogen and oxygen atoms in total. The van der Waals surface area contributed by atoms with Gasteiger partial charge in [-0.15, -0.1) is 0 Å². The SMILES string of the molecule is COc1ccc(CS(=O)(=O)[C@@H]2C[C@@H](C(=O)NC(C(=O)C(F)(F)C(=O)NCC(F)(F)F)C(C)C)N(C(=O)C(C)NC(=O)c3cccc(Cl)c3)C2)cc1. The maximum Gasteiger partial charge on any atom is 0.405 e. The van der Waals surface area contributed by atoms with Crippen LogP contribution in [0.5, 0.6) is 5.75 Å². The Morgan fingerprint density at radius 1 is 0.980 bits per heavy atom. The molecule has 19 heteroatoms. The Labute approximate surface area is 295 Å². The molecule has 280 valence electrons. The summed E-state index contributed by atoms with van der Waals surface area (Å²) in [4.78, 5) is 65.8. The molecule has 1 fully saturated rings. The van der Waals surface area contributed by atoms with Crippen LogP contribution >= 0.6 is 11.6 Å². The lowest BCUT2D eigenvalue weighted by Gasteiger charge is -2.30. The quantitative estimate of drug-likeness (QED) is 0.195. The summed E-state index contributed by atoms with van der Waals surface area (Å²) in [6.45, 7) is 0.965. The number of nitrogens with zero attached hydrogens (tertiary/aromatic N) is 1. The summed E-state index contributed by atoms with van der Waals surface area (Å²) in [7, 11) is -2.71. The number of amides is 4. The Bertz CT molecular complexity index is 1740. The van der Waals surface area contributed by atoms with Crippen molar-refractivity contribution in [1.29, 1.82) is 0 Å². The molecule has 2 aromatic carbocycles. The van der Waals surface area contributed by atoms with Crippen LogP contribution < -0.4 is 20.7 Å². The molecule has 0 saturated carbocycles.